The van der Waals surface area contributed by atoms with Gasteiger partial charge in [0.15, 0.2) is 12.1 Å². The van der Waals surface area contributed by atoms with Gasteiger partial charge in [-0.15, -0.1) is 0 Å². The summed E-state index contributed by atoms with van der Waals surface area (Å²) in [6.45, 7) is 1.98. The topological polar surface area (TPSA) is 73.0 Å². The molecule has 0 bridgehead atoms. The van der Waals surface area contributed by atoms with Crippen LogP contribution in [0.1, 0.15) is 23.1 Å². The summed E-state index contributed by atoms with van der Waals surface area (Å²) in [5.74, 6) is -0.345. The molecule has 0 unspecified atom stereocenters. The SMILES string of the molecule is CCc1c(NC(=O)c2cocn2)cnn1-c1ccccc1Cl. The highest BCUT2D eigenvalue weighted by molar-refractivity contribution is 6.32. The van der Waals surface area contributed by atoms with Crippen molar-refractivity contribution in [3.05, 3.63) is 59.5 Å². The van der Waals surface area contributed by atoms with Gasteiger partial charge in [-0.3, -0.25) is 4.79 Å². The number of carbonyl (C=O) groups excluding carboxylic acids is 1. The Balaban J connectivity index is 1.94. The monoisotopic (exact) mass is 316 g/mol. The Kier molecular flexibility index (Phi) is 3.93. The molecule has 112 valence electrons. The molecule has 0 radical (unpaired) electrons. The number of nitrogens with one attached hydrogen (secondary N) is 1. The van der Waals surface area contributed by atoms with E-state index in [0.29, 0.717) is 17.1 Å². The van der Waals surface area contributed by atoms with Crippen molar-refractivity contribution in [2.24, 2.45) is 0 Å². The summed E-state index contributed by atoms with van der Waals surface area (Å²) >= 11 is 6.21. The Morgan fingerprint density at radius 2 is 2.23 bits per heavy atom. The molecule has 0 aliphatic heterocycles. The largest absolute Gasteiger partial charge is 0.451 e. The average molecular weight is 317 g/mol. The second-order valence-corrected chi connectivity index (χ2v) is 4.96. The van der Waals surface area contributed by atoms with Crippen LogP contribution < -0.4 is 5.32 Å². The van der Waals surface area contributed by atoms with Crippen molar-refractivity contribution < 1.29 is 9.21 Å². The van der Waals surface area contributed by atoms with E-state index >= 15 is 0 Å². The van der Waals surface area contributed by atoms with Gasteiger partial charge in [0, 0.05) is 0 Å². The number of carbonyl (C=O) groups is 1. The number of rotatable bonds is 4. The lowest BCUT2D eigenvalue weighted by Crippen LogP contribution is -2.13. The fourth-order valence-electron chi connectivity index (χ4n) is 2.16. The van der Waals surface area contributed by atoms with Gasteiger partial charge < -0.3 is 9.73 Å². The lowest BCUT2D eigenvalue weighted by atomic mass is 10.2. The van der Waals surface area contributed by atoms with E-state index in [4.69, 9.17) is 16.0 Å². The predicted molar refractivity (Wildman–Crippen MR) is 82.4 cm³/mol. The number of para-hydroxylation sites is 1. The number of nitrogens with zero attached hydrogens (tertiary/aromatic N) is 3. The molecule has 0 spiro atoms. The minimum Gasteiger partial charge on any atom is -0.451 e. The molecule has 0 aliphatic carbocycles. The summed E-state index contributed by atoms with van der Waals surface area (Å²) in [4.78, 5) is 15.9. The molecular weight excluding hydrogens is 304 g/mol. The quantitative estimate of drug-likeness (QED) is 0.801. The van der Waals surface area contributed by atoms with Crippen molar-refractivity contribution in [3.63, 3.8) is 0 Å². The molecule has 0 saturated carbocycles. The Bertz CT molecular complexity index is 796. The van der Waals surface area contributed by atoms with Gasteiger partial charge in [0.1, 0.15) is 6.26 Å². The maximum atomic E-state index is 12.1. The number of aromatic nitrogens is 3. The molecule has 1 amide bonds. The lowest BCUT2D eigenvalue weighted by Gasteiger charge is -2.09. The summed E-state index contributed by atoms with van der Waals surface area (Å²) in [6, 6.07) is 7.41. The van der Waals surface area contributed by atoms with Gasteiger partial charge in [-0.05, 0) is 18.6 Å². The summed E-state index contributed by atoms with van der Waals surface area (Å²) in [5.41, 5.74) is 2.45. The van der Waals surface area contributed by atoms with E-state index in [0.717, 1.165) is 11.4 Å². The third-order valence-electron chi connectivity index (χ3n) is 3.20. The maximum Gasteiger partial charge on any atom is 0.277 e. The molecular formula is C15H13ClN4O2. The molecule has 3 aromatic rings. The minimum absolute atomic E-state index is 0.215. The van der Waals surface area contributed by atoms with Crippen LogP contribution in [0.15, 0.2) is 47.5 Å². The van der Waals surface area contributed by atoms with Gasteiger partial charge in [0.25, 0.3) is 5.91 Å². The van der Waals surface area contributed by atoms with Crippen LogP contribution in [0.25, 0.3) is 5.69 Å². The number of hydrogen-bond donors (Lipinski definition) is 1. The van der Waals surface area contributed by atoms with Crippen LogP contribution in [0.5, 0.6) is 0 Å². The zero-order valence-corrected chi connectivity index (χ0v) is 12.5. The Morgan fingerprint density at radius 3 is 2.91 bits per heavy atom. The summed E-state index contributed by atoms with van der Waals surface area (Å²) in [5, 5.41) is 7.70. The van der Waals surface area contributed by atoms with Crippen molar-refractivity contribution in [1.29, 1.82) is 0 Å². The van der Waals surface area contributed by atoms with Crippen LogP contribution in [-0.2, 0) is 6.42 Å². The number of halogens is 1. The molecule has 1 N–H and O–H groups in total. The number of amides is 1. The molecule has 3 rings (SSSR count). The van der Waals surface area contributed by atoms with Crippen LogP contribution in [0.3, 0.4) is 0 Å². The van der Waals surface area contributed by atoms with E-state index < -0.39 is 0 Å². The lowest BCUT2D eigenvalue weighted by molar-refractivity contribution is 0.102. The first-order chi connectivity index (χ1) is 10.7. The Hall–Kier alpha value is -2.60. The summed E-state index contributed by atoms with van der Waals surface area (Å²) in [6.07, 6.45) is 4.78. The third kappa shape index (κ3) is 2.60. The normalized spacial score (nSPS) is 10.6. The van der Waals surface area contributed by atoms with Crippen LogP contribution in [0.4, 0.5) is 5.69 Å². The zero-order chi connectivity index (χ0) is 15.5. The average Bonchev–Trinajstić information content (AvgIpc) is 3.17. The van der Waals surface area contributed by atoms with Gasteiger partial charge in [-0.1, -0.05) is 30.7 Å². The number of benzene rings is 1. The second-order valence-electron chi connectivity index (χ2n) is 4.55. The molecule has 2 heterocycles. The van der Waals surface area contributed by atoms with Gasteiger partial charge in [0.2, 0.25) is 0 Å². The van der Waals surface area contributed by atoms with Crippen LogP contribution >= 0.6 is 11.6 Å². The number of hydrogen-bond acceptors (Lipinski definition) is 4. The predicted octanol–water partition coefficient (Wildman–Crippen LogP) is 3.33. The highest BCUT2D eigenvalue weighted by Crippen LogP contribution is 2.25. The van der Waals surface area contributed by atoms with E-state index in [9.17, 15) is 4.79 Å². The smallest absolute Gasteiger partial charge is 0.277 e. The van der Waals surface area contributed by atoms with E-state index in [1.54, 1.807) is 16.9 Å². The first-order valence-electron chi connectivity index (χ1n) is 6.72. The van der Waals surface area contributed by atoms with Gasteiger partial charge >= 0.3 is 0 Å². The van der Waals surface area contributed by atoms with Crippen molar-refractivity contribution >= 4 is 23.2 Å². The molecule has 0 aliphatic rings. The van der Waals surface area contributed by atoms with E-state index in [1.165, 1.54) is 12.7 Å². The molecule has 2 aromatic heterocycles. The molecule has 7 heteroatoms. The zero-order valence-electron chi connectivity index (χ0n) is 11.8. The highest BCUT2D eigenvalue weighted by Gasteiger charge is 2.16. The van der Waals surface area contributed by atoms with E-state index in [2.05, 4.69) is 15.4 Å². The van der Waals surface area contributed by atoms with Crippen LogP contribution in [0, 0.1) is 0 Å². The van der Waals surface area contributed by atoms with E-state index in [1.807, 2.05) is 25.1 Å². The molecule has 0 saturated heterocycles. The fraction of sp³-hybridized carbons (Fsp3) is 0.133. The molecule has 1 aromatic carbocycles. The summed E-state index contributed by atoms with van der Waals surface area (Å²) in [7, 11) is 0. The standard InChI is InChI=1S/C15H13ClN4O2/c1-2-13-11(19-15(21)12-8-22-9-17-12)7-18-20(13)14-6-4-3-5-10(14)16/h3-9H,2H2,1H3,(H,19,21). The number of oxazole rings is 1. The van der Waals surface area contributed by atoms with Crippen LogP contribution in [0.2, 0.25) is 5.02 Å². The van der Waals surface area contributed by atoms with Gasteiger partial charge in [0.05, 0.1) is 28.3 Å². The van der Waals surface area contributed by atoms with Gasteiger partial charge in [-0.25, -0.2) is 9.67 Å². The maximum absolute atomic E-state index is 12.1. The third-order valence-corrected chi connectivity index (χ3v) is 3.52. The van der Waals surface area contributed by atoms with Crippen LogP contribution in [-0.4, -0.2) is 20.7 Å². The molecule has 22 heavy (non-hydrogen) atoms. The van der Waals surface area contributed by atoms with E-state index in [-0.39, 0.29) is 11.6 Å². The van der Waals surface area contributed by atoms with Crippen molar-refractivity contribution in [2.75, 3.05) is 5.32 Å². The number of anilines is 1. The fourth-order valence-corrected chi connectivity index (χ4v) is 2.38. The first-order valence-corrected chi connectivity index (χ1v) is 7.10. The Labute approximate surface area is 131 Å². The summed E-state index contributed by atoms with van der Waals surface area (Å²) < 4.78 is 6.53. The van der Waals surface area contributed by atoms with Crippen molar-refractivity contribution in [1.82, 2.24) is 14.8 Å². The van der Waals surface area contributed by atoms with Crippen molar-refractivity contribution in [2.45, 2.75) is 13.3 Å². The molecule has 0 atom stereocenters. The Morgan fingerprint density at radius 1 is 1.41 bits per heavy atom. The molecule has 0 fully saturated rings. The van der Waals surface area contributed by atoms with Gasteiger partial charge in [-0.2, -0.15) is 5.10 Å². The highest BCUT2D eigenvalue weighted by atomic mass is 35.5. The second kappa shape index (κ2) is 6.03. The molecule has 6 nitrogen and oxygen atoms in total. The minimum atomic E-state index is -0.345. The van der Waals surface area contributed by atoms with Crippen molar-refractivity contribution in [3.8, 4) is 5.69 Å². The first kappa shape index (κ1) is 14.3.